The molecule has 0 aliphatic rings. The number of rotatable bonds is 3. The summed E-state index contributed by atoms with van der Waals surface area (Å²) in [5, 5.41) is 4.58. The Kier molecular flexibility index (Phi) is 4.94. The van der Waals surface area contributed by atoms with Crippen molar-refractivity contribution in [3.63, 3.8) is 0 Å². The fourth-order valence-electron chi connectivity index (χ4n) is 0.489. The van der Waals surface area contributed by atoms with Crippen LogP contribution in [0, 0.1) is 0 Å². The maximum absolute atomic E-state index is 10.8. The second-order valence-corrected chi connectivity index (χ2v) is 2.53. The van der Waals surface area contributed by atoms with Crippen molar-refractivity contribution in [1.82, 2.24) is 10.6 Å². The number of hydrogen-bond donors (Lipinski definition) is 3. The molecule has 0 rings (SSSR count). The van der Waals surface area contributed by atoms with Gasteiger partial charge >= 0.3 is 11.8 Å². The second kappa shape index (κ2) is 5.48. The van der Waals surface area contributed by atoms with Gasteiger partial charge in [-0.25, -0.2) is 0 Å². The van der Waals surface area contributed by atoms with Crippen molar-refractivity contribution >= 4 is 29.0 Å². The van der Waals surface area contributed by atoms with Crippen LogP contribution in [-0.2, 0) is 9.59 Å². The molecule has 0 saturated carbocycles. The van der Waals surface area contributed by atoms with Crippen molar-refractivity contribution in [3.8, 4) is 0 Å². The van der Waals surface area contributed by atoms with Crippen LogP contribution in [0.5, 0.6) is 0 Å². The predicted octanol–water partition coefficient (Wildman–Crippen LogP) is -1.48. The van der Waals surface area contributed by atoms with Gasteiger partial charge in [-0.05, 0) is 6.92 Å². The Morgan fingerprint density at radius 2 is 1.83 bits per heavy atom. The van der Waals surface area contributed by atoms with Gasteiger partial charge in [0.05, 0.1) is 11.5 Å². The highest BCUT2D eigenvalue weighted by Gasteiger charge is 2.10. The van der Waals surface area contributed by atoms with Gasteiger partial charge in [0.25, 0.3) is 0 Å². The molecule has 0 aromatic rings. The normalized spacial score (nSPS) is 8.75. The van der Waals surface area contributed by atoms with E-state index in [0.717, 1.165) is 0 Å². The zero-order valence-corrected chi connectivity index (χ0v) is 7.53. The van der Waals surface area contributed by atoms with Crippen molar-refractivity contribution in [2.75, 3.05) is 13.1 Å². The quantitative estimate of drug-likeness (QED) is 0.373. The third kappa shape index (κ3) is 4.62. The zero-order valence-electron chi connectivity index (χ0n) is 6.72. The van der Waals surface area contributed by atoms with Crippen molar-refractivity contribution in [3.05, 3.63) is 0 Å². The van der Waals surface area contributed by atoms with E-state index >= 15 is 0 Å². The van der Waals surface area contributed by atoms with Gasteiger partial charge in [-0.15, -0.1) is 0 Å². The fraction of sp³-hybridized carbons (Fsp3) is 0.500. The lowest BCUT2D eigenvalue weighted by Crippen LogP contribution is -2.42. The molecule has 0 radical (unpaired) electrons. The molecule has 68 valence electrons. The first-order valence-electron chi connectivity index (χ1n) is 3.42. The summed E-state index contributed by atoms with van der Waals surface area (Å²) in [5.41, 5.74) is 5.10. The average Bonchev–Trinajstić information content (AvgIpc) is 2.00. The molecule has 0 aromatic heterocycles. The molecule has 4 N–H and O–H groups in total. The Morgan fingerprint density at radius 1 is 1.33 bits per heavy atom. The second-order valence-electron chi connectivity index (χ2n) is 2.01. The summed E-state index contributed by atoms with van der Waals surface area (Å²) in [7, 11) is 0. The molecule has 0 atom stereocenters. The zero-order chi connectivity index (χ0) is 9.56. The summed E-state index contributed by atoms with van der Waals surface area (Å²) in [6.45, 7) is 2.18. The Balaban J connectivity index is 3.72. The molecule has 12 heavy (non-hydrogen) atoms. The molecule has 0 aromatic carbocycles. The van der Waals surface area contributed by atoms with Crippen LogP contribution >= 0.6 is 12.2 Å². The van der Waals surface area contributed by atoms with E-state index in [1.54, 1.807) is 6.92 Å². The third-order valence-electron chi connectivity index (χ3n) is 0.967. The van der Waals surface area contributed by atoms with E-state index in [-0.39, 0.29) is 11.5 Å². The van der Waals surface area contributed by atoms with Gasteiger partial charge in [-0.1, -0.05) is 12.2 Å². The molecule has 0 heterocycles. The van der Waals surface area contributed by atoms with Crippen molar-refractivity contribution < 1.29 is 9.59 Å². The lowest BCUT2D eigenvalue weighted by molar-refractivity contribution is -0.138. The SMILES string of the molecule is CCNC(=O)C(=O)NCC(N)=S. The number of hydrogen-bond acceptors (Lipinski definition) is 3. The molecule has 6 heteroatoms. The number of carbonyl (C=O) groups excluding carboxylic acids is 2. The van der Waals surface area contributed by atoms with Crippen LogP contribution in [0.25, 0.3) is 0 Å². The van der Waals surface area contributed by atoms with Crippen molar-refractivity contribution in [1.29, 1.82) is 0 Å². The summed E-state index contributed by atoms with van der Waals surface area (Å²) in [6.07, 6.45) is 0. The van der Waals surface area contributed by atoms with Crippen LogP contribution in [0.2, 0.25) is 0 Å². The molecular weight excluding hydrogens is 178 g/mol. The topological polar surface area (TPSA) is 84.2 Å². The van der Waals surface area contributed by atoms with Gasteiger partial charge in [-0.3, -0.25) is 9.59 Å². The number of thiocarbonyl (C=S) groups is 1. The predicted molar refractivity (Wildman–Crippen MR) is 48.5 cm³/mol. The van der Waals surface area contributed by atoms with Crippen LogP contribution in [0.4, 0.5) is 0 Å². The molecule has 0 spiro atoms. The van der Waals surface area contributed by atoms with E-state index in [2.05, 4.69) is 22.9 Å². The van der Waals surface area contributed by atoms with Crippen molar-refractivity contribution in [2.24, 2.45) is 5.73 Å². The van der Waals surface area contributed by atoms with E-state index in [4.69, 9.17) is 5.73 Å². The van der Waals surface area contributed by atoms with Gasteiger partial charge in [0, 0.05) is 6.54 Å². The third-order valence-corrected chi connectivity index (χ3v) is 1.11. The lowest BCUT2D eigenvalue weighted by atomic mass is 10.5. The molecule has 0 unspecified atom stereocenters. The molecular formula is C6H11N3O2S. The van der Waals surface area contributed by atoms with Gasteiger partial charge < -0.3 is 16.4 Å². The Morgan fingerprint density at radius 3 is 2.25 bits per heavy atom. The minimum absolute atomic E-state index is 0.0469. The van der Waals surface area contributed by atoms with E-state index < -0.39 is 11.8 Å². The molecule has 0 fully saturated rings. The molecule has 0 saturated heterocycles. The van der Waals surface area contributed by atoms with Gasteiger partial charge in [0.15, 0.2) is 0 Å². The number of carbonyl (C=O) groups is 2. The molecule has 0 bridgehead atoms. The molecule has 2 amide bonds. The molecule has 0 aliphatic carbocycles. The van der Waals surface area contributed by atoms with Gasteiger partial charge in [0.2, 0.25) is 0 Å². The number of nitrogens with one attached hydrogen (secondary N) is 2. The summed E-state index contributed by atoms with van der Waals surface area (Å²) >= 11 is 4.50. The molecule has 5 nitrogen and oxygen atoms in total. The van der Waals surface area contributed by atoms with Crippen LogP contribution < -0.4 is 16.4 Å². The summed E-state index contributed by atoms with van der Waals surface area (Å²) in [6, 6.07) is 0. The van der Waals surface area contributed by atoms with Crippen LogP contribution in [-0.4, -0.2) is 29.9 Å². The Hall–Kier alpha value is -1.17. The monoisotopic (exact) mass is 189 g/mol. The lowest BCUT2D eigenvalue weighted by Gasteiger charge is -2.02. The van der Waals surface area contributed by atoms with Gasteiger partial charge in [-0.2, -0.15) is 0 Å². The smallest absolute Gasteiger partial charge is 0.309 e. The summed E-state index contributed by atoms with van der Waals surface area (Å²) in [4.78, 5) is 21.7. The van der Waals surface area contributed by atoms with Crippen molar-refractivity contribution in [2.45, 2.75) is 6.92 Å². The van der Waals surface area contributed by atoms with Crippen LogP contribution in [0.15, 0.2) is 0 Å². The summed E-state index contributed by atoms with van der Waals surface area (Å²) in [5.74, 6) is -1.39. The van der Waals surface area contributed by atoms with E-state index in [9.17, 15) is 9.59 Å². The standard InChI is InChI=1S/C6H11N3O2S/c1-2-8-5(10)6(11)9-3-4(7)12/h2-3H2,1H3,(H2,7,12)(H,8,10)(H,9,11). The fourth-order valence-corrected chi connectivity index (χ4v) is 0.561. The highest BCUT2D eigenvalue weighted by molar-refractivity contribution is 7.80. The molecule has 0 aliphatic heterocycles. The average molecular weight is 189 g/mol. The van der Waals surface area contributed by atoms with Crippen LogP contribution in [0.3, 0.4) is 0 Å². The highest BCUT2D eigenvalue weighted by Crippen LogP contribution is 1.69. The largest absolute Gasteiger partial charge is 0.392 e. The first-order valence-corrected chi connectivity index (χ1v) is 3.83. The number of likely N-dealkylation sites (N-methyl/N-ethyl adjacent to an activating group) is 1. The summed E-state index contributed by atoms with van der Waals surface area (Å²) < 4.78 is 0. The minimum atomic E-state index is -0.718. The Bertz CT molecular complexity index is 205. The number of nitrogens with two attached hydrogens (primary N) is 1. The minimum Gasteiger partial charge on any atom is -0.392 e. The first kappa shape index (κ1) is 10.8. The van der Waals surface area contributed by atoms with Gasteiger partial charge in [0.1, 0.15) is 0 Å². The van der Waals surface area contributed by atoms with E-state index in [1.807, 2.05) is 0 Å². The Labute approximate surface area is 75.7 Å². The maximum Gasteiger partial charge on any atom is 0.309 e. The van der Waals surface area contributed by atoms with E-state index in [0.29, 0.717) is 6.54 Å². The first-order chi connectivity index (χ1) is 5.57. The number of amides is 2. The maximum atomic E-state index is 10.8. The van der Waals surface area contributed by atoms with Crippen LogP contribution in [0.1, 0.15) is 6.92 Å². The highest BCUT2D eigenvalue weighted by atomic mass is 32.1. The van der Waals surface area contributed by atoms with E-state index in [1.165, 1.54) is 0 Å².